The monoisotopic (exact) mass is 246 g/mol. The zero-order valence-corrected chi connectivity index (χ0v) is 11.7. The first-order valence-corrected chi connectivity index (χ1v) is 6.52. The number of hydrogen-bond donors (Lipinski definition) is 1. The number of piperazine rings is 1. The summed E-state index contributed by atoms with van der Waals surface area (Å²) in [6.45, 7) is 10.8. The third-order valence-corrected chi connectivity index (χ3v) is 3.66. The van der Waals surface area contributed by atoms with Gasteiger partial charge in [-0.15, -0.1) is 0 Å². The van der Waals surface area contributed by atoms with Gasteiger partial charge in [-0.1, -0.05) is 17.7 Å². The maximum Gasteiger partial charge on any atom is 0.254 e. The Hall–Kier alpha value is -1.35. The van der Waals surface area contributed by atoms with Crippen molar-refractivity contribution < 1.29 is 4.79 Å². The van der Waals surface area contributed by atoms with Crippen LogP contribution in [0.15, 0.2) is 18.2 Å². The van der Waals surface area contributed by atoms with Crippen LogP contribution in [0.1, 0.15) is 35.3 Å². The number of benzene rings is 1. The standard InChI is InChI=1S/C15H22N2O/c1-11-5-6-13(12(2)9-11)14(18)17-8-7-16-10-15(17,3)4/h5-6,9,16H,7-8,10H2,1-4H3. The maximum absolute atomic E-state index is 12.6. The molecule has 1 aliphatic heterocycles. The van der Waals surface area contributed by atoms with Crippen molar-refractivity contribution in [2.45, 2.75) is 33.2 Å². The van der Waals surface area contributed by atoms with Crippen LogP contribution in [0.3, 0.4) is 0 Å². The maximum atomic E-state index is 12.6. The molecule has 0 atom stereocenters. The van der Waals surface area contributed by atoms with Crippen LogP contribution in [0.2, 0.25) is 0 Å². The average Bonchev–Trinajstić information content (AvgIpc) is 2.27. The molecule has 98 valence electrons. The highest BCUT2D eigenvalue weighted by atomic mass is 16.2. The molecule has 1 saturated heterocycles. The van der Waals surface area contributed by atoms with E-state index in [0.717, 1.165) is 30.8 Å². The third-order valence-electron chi connectivity index (χ3n) is 3.66. The van der Waals surface area contributed by atoms with Gasteiger partial charge in [0.25, 0.3) is 5.91 Å². The van der Waals surface area contributed by atoms with Crippen LogP contribution in [0.25, 0.3) is 0 Å². The van der Waals surface area contributed by atoms with Crippen LogP contribution in [-0.4, -0.2) is 36.0 Å². The second-order valence-electron chi connectivity index (χ2n) is 5.76. The lowest BCUT2D eigenvalue weighted by molar-refractivity contribution is 0.0477. The highest BCUT2D eigenvalue weighted by molar-refractivity contribution is 5.96. The number of carbonyl (C=O) groups excluding carboxylic acids is 1. The van der Waals surface area contributed by atoms with E-state index in [-0.39, 0.29) is 11.4 Å². The molecule has 3 heteroatoms. The van der Waals surface area contributed by atoms with Gasteiger partial charge in [-0.2, -0.15) is 0 Å². The first kappa shape index (κ1) is 13.1. The molecule has 18 heavy (non-hydrogen) atoms. The molecule has 1 heterocycles. The molecule has 1 N–H and O–H groups in total. The number of nitrogens with one attached hydrogen (secondary N) is 1. The SMILES string of the molecule is Cc1ccc(C(=O)N2CCNCC2(C)C)c(C)c1. The van der Waals surface area contributed by atoms with Crippen molar-refractivity contribution in [1.29, 1.82) is 0 Å². The van der Waals surface area contributed by atoms with Gasteiger partial charge in [-0.05, 0) is 39.3 Å². The summed E-state index contributed by atoms with van der Waals surface area (Å²) in [5.74, 6) is 0.152. The van der Waals surface area contributed by atoms with E-state index in [4.69, 9.17) is 0 Å². The van der Waals surface area contributed by atoms with Gasteiger partial charge >= 0.3 is 0 Å². The largest absolute Gasteiger partial charge is 0.331 e. The molecule has 1 aliphatic rings. The van der Waals surface area contributed by atoms with Crippen LogP contribution in [-0.2, 0) is 0 Å². The molecule has 1 amide bonds. The van der Waals surface area contributed by atoms with E-state index >= 15 is 0 Å². The van der Waals surface area contributed by atoms with Gasteiger partial charge in [-0.3, -0.25) is 4.79 Å². The summed E-state index contributed by atoms with van der Waals surface area (Å²) in [6, 6.07) is 6.03. The van der Waals surface area contributed by atoms with Crippen molar-refractivity contribution in [2.24, 2.45) is 0 Å². The molecular formula is C15H22N2O. The molecule has 1 aromatic rings. The smallest absolute Gasteiger partial charge is 0.254 e. The van der Waals surface area contributed by atoms with Gasteiger partial charge in [0.1, 0.15) is 0 Å². The summed E-state index contributed by atoms with van der Waals surface area (Å²) in [5.41, 5.74) is 2.97. The molecule has 0 aromatic heterocycles. The first-order chi connectivity index (χ1) is 8.42. The average molecular weight is 246 g/mol. The van der Waals surface area contributed by atoms with E-state index in [0.29, 0.717) is 0 Å². The molecule has 3 nitrogen and oxygen atoms in total. The normalized spacial score (nSPS) is 18.8. The fraction of sp³-hybridized carbons (Fsp3) is 0.533. The predicted octanol–water partition coefficient (Wildman–Crippen LogP) is 2.13. The lowest BCUT2D eigenvalue weighted by atomic mass is 9.97. The van der Waals surface area contributed by atoms with E-state index in [1.165, 1.54) is 5.56 Å². The van der Waals surface area contributed by atoms with Gasteiger partial charge < -0.3 is 10.2 Å². The van der Waals surface area contributed by atoms with E-state index in [1.54, 1.807) is 0 Å². The van der Waals surface area contributed by atoms with E-state index < -0.39 is 0 Å². The topological polar surface area (TPSA) is 32.3 Å². The van der Waals surface area contributed by atoms with Gasteiger partial charge in [0.05, 0.1) is 5.54 Å². The number of nitrogens with zero attached hydrogens (tertiary/aromatic N) is 1. The number of rotatable bonds is 1. The third kappa shape index (κ3) is 2.41. The molecule has 0 aliphatic carbocycles. The van der Waals surface area contributed by atoms with Crippen molar-refractivity contribution in [3.05, 3.63) is 34.9 Å². The Labute approximate surface area is 109 Å². The molecule has 0 radical (unpaired) electrons. The number of hydrogen-bond acceptors (Lipinski definition) is 2. The Morgan fingerprint density at radius 2 is 2.06 bits per heavy atom. The summed E-state index contributed by atoms with van der Waals surface area (Å²) in [4.78, 5) is 14.6. The van der Waals surface area contributed by atoms with Crippen molar-refractivity contribution in [3.8, 4) is 0 Å². The highest BCUT2D eigenvalue weighted by Gasteiger charge is 2.34. The minimum absolute atomic E-state index is 0.118. The molecular weight excluding hydrogens is 224 g/mol. The zero-order valence-electron chi connectivity index (χ0n) is 11.7. The molecule has 0 bridgehead atoms. The summed E-state index contributed by atoms with van der Waals surface area (Å²) < 4.78 is 0. The molecule has 2 rings (SSSR count). The number of carbonyl (C=O) groups is 1. The fourth-order valence-corrected chi connectivity index (χ4v) is 2.56. The minimum atomic E-state index is -0.118. The van der Waals surface area contributed by atoms with Gasteiger partial charge in [0.15, 0.2) is 0 Å². The summed E-state index contributed by atoms with van der Waals surface area (Å²) in [6.07, 6.45) is 0. The Morgan fingerprint density at radius 1 is 1.33 bits per heavy atom. The zero-order chi connectivity index (χ0) is 13.3. The Morgan fingerprint density at radius 3 is 2.67 bits per heavy atom. The molecule has 0 unspecified atom stereocenters. The Bertz CT molecular complexity index is 466. The van der Waals surface area contributed by atoms with E-state index in [1.807, 2.05) is 24.0 Å². The van der Waals surface area contributed by atoms with Crippen LogP contribution < -0.4 is 5.32 Å². The van der Waals surface area contributed by atoms with Crippen LogP contribution in [0.5, 0.6) is 0 Å². The van der Waals surface area contributed by atoms with Crippen LogP contribution in [0.4, 0.5) is 0 Å². The summed E-state index contributed by atoms with van der Waals surface area (Å²) in [5, 5.41) is 3.34. The number of aryl methyl sites for hydroxylation is 2. The van der Waals surface area contributed by atoms with E-state index in [2.05, 4.69) is 32.2 Å². The van der Waals surface area contributed by atoms with Gasteiger partial charge in [0, 0.05) is 25.2 Å². The fourth-order valence-electron chi connectivity index (χ4n) is 2.56. The summed E-state index contributed by atoms with van der Waals surface area (Å²) >= 11 is 0. The summed E-state index contributed by atoms with van der Waals surface area (Å²) in [7, 11) is 0. The quantitative estimate of drug-likeness (QED) is 0.823. The molecule has 0 spiro atoms. The van der Waals surface area contributed by atoms with Gasteiger partial charge in [-0.25, -0.2) is 0 Å². The second-order valence-corrected chi connectivity index (χ2v) is 5.76. The minimum Gasteiger partial charge on any atom is -0.331 e. The van der Waals surface area contributed by atoms with Crippen molar-refractivity contribution in [2.75, 3.05) is 19.6 Å². The van der Waals surface area contributed by atoms with Crippen LogP contribution >= 0.6 is 0 Å². The first-order valence-electron chi connectivity index (χ1n) is 6.52. The van der Waals surface area contributed by atoms with Crippen molar-refractivity contribution in [3.63, 3.8) is 0 Å². The lowest BCUT2D eigenvalue weighted by Crippen LogP contribution is -2.59. The Kier molecular flexibility index (Phi) is 3.44. The predicted molar refractivity (Wildman–Crippen MR) is 73.9 cm³/mol. The number of amides is 1. The highest BCUT2D eigenvalue weighted by Crippen LogP contribution is 2.21. The molecule has 0 saturated carbocycles. The van der Waals surface area contributed by atoms with Crippen molar-refractivity contribution >= 4 is 5.91 Å². The van der Waals surface area contributed by atoms with E-state index in [9.17, 15) is 4.79 Å². The van der Waals surface area contributed by atoms with Crippen LogP contribution in [0, 0.1) is 13.8 Å². The molecule has 1 fully saturated rings. The molecule has 1 aromatic carbocycles. The lowest BCUT2D eigenvalue weighted by Gasteiger charge is -2.43. The van der Waals surface area contributed by atoms with Gasteiger partial charge in [0.2, 0.25) is 0 Å². The van der Waals surface area contributed by atoms with Crippen molar-refractivity contribution in [1.82, 2.24) is 10.2 Å². The second kappa shape index (κ2) is 4.73. The Balaban J connectivity index is 2.30.